The fourth-order valence-corrected chi connectivity index (χ4v) is 5.96. The lowest BCUT2D eigenvalue weighted by Gasteiger charge is -2.15. The summed E-state index contributed by atoms with van der Waals surface area (Å²) in [7, 11) is 0. The van der Waals surface area contributed by atoms with E-state index < -0.39 is 28.9 Å². The largest absolute Gasteiger partial charge is 0.478 e. The first kappa shape index (κ1) is 28.5. The van der Waals surface area contributed by atoms with E-state index in [0.29, 0.717) is 21.8 Å². The number of thioether (sulfide) groups is 1. The minimum atomic E-state index is -1.10. The predicted molar refractivity (Wildman–Crippen MR) is 161 cm³/mol. The van der Waals surface area contributed by atoms with Gasteiger partial charge >= 0.3 is 5.97 Å². The number of anilines is 2. The van der Waals surface area contributed by atoms with Gasteiger partial charge in [-0.1, -0.05) is 30.3 Å². The summed E-state index contributed by atoms with van der Waals surface area (Å²) in [6.07, 6.45) is 1.57. The molecule has 1 aliphatic rings. The predicted octanol–water partition coefficient (Wildman–Crippen LogP) is 5.28. The number of benzene rings is 3. The Morgan fingerprint density at radius 3 is 2.36 bits per heavy atom. The summed E-state index contributed by atoms with van der Waals surface area (Å²) in [5.41, 5.74) is 1.26. The first-order valence-corrected chi connectivity index (χ1v) is 14.4. The van der Waals surface area contributed by atoms with Crippen LogP contribution in [0.15, 0.2) is 107 Å². The topological polar surface area (TPSA) is 133 Å². The van der Waals surface area contributed by atoms with Gasteiger partial charge in [0.1, 0.15) is 5.70 Å². The Morgan fingerprint density at radius 1 is 0.905 bits per heavy atom. The van der Waals surface area contributed by atoms with Crippen molar-refractivity contribution in [3.8, 4) is 0 Å². The third kappa shape index (κ3) is 6.65. The minimum Gasteiger partial charge on any atom is -0.478 e. The lowest BCUT2D eigenvalue weighted by atomic mass is 10.2. The maximum Gasteiger partial charge on any atom is 0.335 e. The van der Waals surface area contributed by atoms with E-state index in [0.717, 1.165) is 9.78 Å². The molecule has 0 spiro atoms. The lowest BCUT2D eigenvalue weighted by Crippen LogP contribution is -2.31. The molecule has 1 saturated heterocycles. The van der Waals surface area contributed by atoms with Crippen LogP contribution in [0.4, 0.5) is 11.4 Å². The molecule has 1 aromatic heterocycles. The number of thiophene rings is 1. The summed E-state index contributed by atoms with van der Waals surface area (Å²) in [5, 5.41) is 15.8. The molecular formula is C31H23N3O6S2. The van der Waals surface area contributed by atoms with E-state index in [1.54, 1.807) is 60.7 Å². The van der Waals surface area contributed by atoms with Crippen LogP contribution in [-0.4, -0.2) is 40.0 Å². The molecule has 5 rings (SSSR count). The number of amides is 4. The van der Waals surface area contributed by atoms with Crippen molar-refractivity contribution in [1.29, 1.82) is 0 Å². The number of carbonyl (C=O) groups is 5. The molecule has 11 heteroatoms. The molecule has 4 amide bonds. The van der Waals surface area contributed by atoms with Gasteiger partial charge in [0, 0.05) is 27.4 Å². The summed E-state index contributed by atoms with van der Waals surface area (Å²) in [6.45, 7) is 0. The smallest absolute Gasteiger partial charge is 0.335 e. The van der Waals surface area contributed by atoms with Crippen LogP contribution in [0, 0.1) is 0 Å². The van der Waals surface area contributed by atoms with Crippen molar-refractivity contribution in [3.63, 3.8) is 0 Å². The summed E-state index contributed by atoms with van der Waals surface area (Å²) in [5.74, 6) is -2.86. The van der Waals surface area contributed by atoms with Crippen molar-refractivity contribution in [2.24, 2.45) is 0 Å². The van der Waals surface area contributed by atoms with Gasteiger partial charge in [-0.05, 0) is 72.1 Å². The molecule has 0 aliphatic carbocycles. The van der Waals surface area contributed by atoms with E-state index in [2.05, 4.69) is 10.6 Å². The molecule has 1 fully saturated rings. The van der Waals surface area contributed by atoms with Crippen LogP contribution in [0.2, 0.25) is 0 Å². The fraction of sp³-hybridized carbons (Fsp3) is 0.0645. The second-order valence-corrected chi connectivity index (χ2v) is 11.4. The zero-order chi connectivity index (χ0) is 29.6. The number of nitrogens with one attached hydrogen (secondary N) is 2. The Balaban J connectivity index is 1.29. The summed E-state index contributed by atoms with van der Waals surface area (Å²) in [4.78, 5) is 65.5. The van der Waals surface area contributed by atoms with E-state index in [1.165, 1.54) is 47.4 Å². The number of carboxylic acid groups (broad SMARTS) is 1. The van der Waals surface area contributed by atoms with Crippen LogP contribution in [0.5, 0.6) is 0 Å². The Morgan fingerprint density at radius 2 is 1.67 bits per heavy atom. The first-order chi connectivity index (χ1) is 20.3. The molecule has 0 radical (unpaired) electrons. The van der Waals surface area contributed by atoms with E-state index in [9.17, 15) is 24.0 Å². The number of imide groups is 1. The monoisotopic (exact) mass is 597 g/mol. The van der Waals surface area contributed by atoms with Crippen LogP contribution in [-0.2, 0) is 14.4 Å². The van der Waals surface area contributed by atoms with E-state index in [4.69, 9.17) is 5.11 Å². The molecule has 2 heterocycles. The average molecular weight is 598 g/mol. The van der Waals surface area contributed by atoms with Crippen LogP contribution in [0.3, 0.4) is 0 Å². The second kappa shape index (κ2) is 12.7. The first-order valence-electron chi connectivity index (χ1n) is 12.7. The van der Waals surface area contributed by atoms with Crippen molar-refractivity contribution < 1.29 is 29.1 Å². The number of carbonyl (C=O) groups excluding carboxylic acids is 4. The van der Waals surface area contributed by atoms with E-state index in [-0.39, 0.29) is 23.6 Å². The van der Waals surface area contributed by atoms with Crippen molar-refractivity contribution in [1.82, 2.24) is 5.32 Å². The molecule has 0 bridgehead atoms. The summed E-state index contributed by atoms with van der Waals surface area (Å²) >= 11 is 2.61. The van der Waals surface area contributed by atoms with Crippen molar-refractivity contribution >= 4 is 70.1 Å². The highest BCUT2D eigenvalue weighted by Gasteiger charge is 2.40. The Bertz CT molecular complexity index is 1690. The molecular weight excluding hydrogens is 574 g/mol. The van der Waals surface area contributed by atoms with Gasteiger partial charge in [-0.25, -0.2) is 9.69 Å². The highest BCUT2D eigenvalue weighted by molar-refractivity contribution is 8.00. The van der Waals surface area contributed by atoms with Gasteiger partial charge in [-0.15, -0.1) is 23.1 Å². The SMILES string of the molecule is O=C(Nc1cccc(S[C@H]2CC(=O)N(c3ccc(C(=O)O)cc3)C2=O)c1)/C(=C/c1cccs1)NC(=O)c1ccccc1. The second-order valence-electron chi connectivity index (χ2n) is 9.11. The van der Waals surface area contributed by atoms with Gasteiger partial charge in [0.25, 0.3) is 11.8 Å². The number of hydrogen-bond donors (Lipinski definition) is 3. The number of carboxylic acids is 1. The van der Waals surface area contributed by atoms with Crippen LogP contribution in [0.1, 0.15) is 32.0 Å². The van der Waals surface area contributed by atoms with Gasteiger partial charge < -0.3 is 15.7 Å². The molecule has 210 valence electrons. The van der Waals surface area contributed by atoms with Crippen molar-refractivity contribution in [2.45, 2.75) is 16.6 Å². The van der Waals surface area contributed by atoms with Gasteiger partial charge in [-0.2, -0.15) is 0 Å². The minimum absolute atomic E-state index is 0.0278. The molecule has 1 atom stereocenters. The fourth-order valence-electron chi connectivity index (χ4n) is 4.19. The average Bonchev–Trinajstić information content (AvgIpc) is 3.60. The van der Waals surface area contributed by atoms with Crippen LogP contribution >= 0.6 is 23.1 Å². The van der Waals surface area contributed by atoms with E-state index in [1.807, 2.05) is 17.5 Å². The number of hydrogen-bond acceptors (Lipinski definition) is 7. The Kier molecular flexibility index (Phi) is 8.60. The Hall–Kier alpha value is -5.00. The third-order valence-corrected chi connectivity index (χ3v) is 8.20. The van der Waals surface area contributed by atoms with Gasteiger partial charge in [-0.3, -0.25) is 19.2 Å². The molecule has 3 aromatic carbocycles. The third-order valence-electron chi connectivity index (χ3n) is 6.21. The summed E-state index contributed by atoms with van der Waals surface area (Å²) < 4.78 is 0. The maximum atomic E-state index is 13.3. The molecule has 42 heavy (non-hydrogen) atoms. The highest BCUT2D eigenvalue weighted by atomic mass is 32.2. The van der Waals surface area contributed by atoms with Crippen molar-refractivity contribution in [3.05, 3.63) is 118 Å². The number of nitrogens with zero attached hydrogens (tertiary/aromatic N) is 1. The Labute approximate surface area is 248 Å². The van der Waals surface area contributed by atoms with Gasteiger partial charge in [0.2, 0.25) is 11.8 Å². The molecule has 3 N–H and O–H groups in total. The summed E-state index contributed by atoms with van der Waals surface area (Å²) in [6, 6.07) is 24.6. The highest BCUT2D eigenvalue weighted by Crippen LogP contribution is 2.35. The quantitative estimate of drug-likeness (QED) is 0.177. The molecule has 9 nitrogen and oxygen atoms in total. The van der Waals surface area contributed by atoms with Gasteiger partial charge in [0.05, 0.1) is 16.5 Å². The zero-order valence-corrected chi connectivity index (χ0v) is 23.5. The molecule has 0 saturated carbocycles. The van der Waals surface area contributed by atoms with Crippen LogP contribution < -0.4 is 15.5 Å². The van der Waals surface area contributed by atoms with E-state index >= 15 is 0 Å². The molecule has 1 aliphatic heterocycles. The molecule has 4 aromatic rings. The number of rotatable bonds is 9. The standard InChI is InChI=1S/C31H23N3O6S2/c35-27-18-26(30(38)34(27)22-13-11-20(12-14-22)31(39)40)42-24-9-4-8-21(16-24)32-29(37)25(17-23-10-5-15-41-23)33-28(36)19-6-2-1-3-7-19/h1-17,26H,18H2,(H,32,37)(H,33,36)(H,39,40)/b25-17-/t26-/m0/s1. The van der Waals surface area contributed by atoms with Crippen molar-refractivity contribution in [2.75, 3.05) is 10.2 Å². The van der Waals surface area contributed by atoms with Crippen LogP contribution in [0.25, 0.3) is 6.08 Å². The number of aromatic carboxylic acids is 1. The normalized spacial score (nSPS) is 15.0. The zero-order valence-electron chi connectivity index (χ0n) is 21.9. The lowest BCUT2D eigenvalue weighted by molar-refractivity contribution is -0.121. The van der Waals surface area contributed by atoms with Gasteiger partial charge in [0.15, 0.2) is 0 Å². The molecule has 0 unspecified atom stereocenters. The maximum absolute atomic E-state index is 13.3.